The number of methoxy groups -OCH3 is 1. The lowest BCUT2D eigenvalue weighted by molar-refractivity contribution is -0.140. The molecule has 0 aliphatic rings. The van der Waals surface area contributed by atoms with Crippen LogP contribution in [0.5, 0.6) is 5.75 Å². The zero-order valence-corrected chi connectivity index (χ0v) is 25.1. The molecule has 1 N–H and O–H groups in total. The van der Waals surface area contributed by atoms with Crippen molar-refractivity contribution in [2.75, 3.05) is 18.0 Å². The van der Waals surface area contributed by atoms with E-state index in [-0.39, 0.29) is 17.3 Å². The van der Waals surface area contributed by atoms with Crippen molar-refractivity contribution >= 4 is 27.5 Å². The topological polar surface area (TPSA) is 96.0 Å². The fourth-order valence-corrected chi connectivity index (χ4v) is 5.70. The number of sulfonamides is 1. The molecule has 1 atom stereocenters. The molecule has 0 saturated heterocycles. The summed E-state index contributed by atoms with van der Waals surface area (Å²) in [5.74, 6) is -0.179. The smallest absolute Gasteiger partial charge is 0.264 e. The van der Waals surface area contributed by atoms with Crippen molar-refractivity contribution in [2.24, 2.45) is 0 Å². The van der Waals surface area contributed by atoms with E-state index in [0.29, 0.717) is 17.0 Å². The van der Waals surface area contributed by atoms with Gasteiger partial charge in [0.05, 0.1) is 17.7 Å². The number of aryl methyl sites for hydroxylation is 2. The monoisotopic (exact) mass is 565 g/mol. The average molecular weight is 566 g/mol. The van der Waals surface area contributed by atoms with Crippen LogP contribution in [-0.4, -0.2) is 50.4 Å². The highest BCUT2D eigenvalue weighted by atomic mass is 32.2. The minimum atomic E-state index is -4.11. The Balaban J connectivity index is 2.06. The third kappa shape index (κ3) is 7.63. The van der Waals surface area contributed by atoms with Crippen molar-refractivity contribution in [2.45, 2.75) is 64.6 Å². The van der Waals surface area contributed by atoms with Gasteiger partial charge in [0.1, 0.15) is 18.3 Å². The van der Waals surface area contributed by atoms with Gasteiger partial charge in [0.25, 0.3) is 10.0 Å². The second kappa shape index (κ2) is 12.6. The number of carbonyl (C=O) groups excluding carboxylic acids is 2. The highest BCUT2D eigenvalue weighted by Gasteiger charge is 2.33. The summed E-state index contributed by atoms with van der Waals surface area (Å²) in [6, 6.07) is 19.8. The van der Waals surface area contributed by atoms with Crippen LogP contribution in [-0.2, 0) is 26.2 Å². The minimum Gasteiger partial charge on any atom is -0.497 e. The minimum absolute atomic E-state index is 0.0731. The molecule has 1 unspecified atom stereocenters. The number of amides is 2. The molecule has 0 saturated carbocycles. The summed E-state index contributed by atoms with van der Waals surface area (Å²) >= 11 is 0. The summed E-state index contributed by atoms with van der Waals surface area (Å²) in [6.07, 6.45) is 0. The molecule has 0 aliphatic heterocycles. The Morgan fingerprint density at radius 1 is 0.950 bits per heavy atom. The Kier molecular flexibility index (Phi) is 9.63. The summed E-state index contributed by atoms with van der Waals surface area (Å²) in [7, 11) is -2.54. The van der Waals surface area contributed by atoms with Gasteiger partial charge >= 0.3 is 0 Å². The van der Waals surface area contributed by atoms with Crippen LogP contribution in [0.15, 0.2) is 77.7 Å². The summed E-state index contributed by atoms with van der Waals surface area (Å²) < 4.78 is 34.3. The molecule has 0 fully saturated rings. The zero-order chi connectivity index (χ0) is 29.7. The molecular weight excluding hydrogens is 526 g/mol. The molecule has 2 amide bonds. The summed E-state index contributed by atoms with van der Waals surface area (Å²) in [5.41, 5.74) is 2.23. The van der Waals surface area contributed by atoms with E-state index in [9.17, 15) is 18.0 Å². The van der Waals surface area contributed by atoms with E-state index in [1.807, 2.05) is 52.0 Å². The van der Waals surface area contributed by atoms with E-state index in [2.05, 4.69) is 5.32 Å². The molecule has 0 spiro atoms. The third-order valence-corrected chi connectivity index (χ3v) is 8.19. The van der Waals surface area contributed by atoms with Gasteiger partial charge in [0, 0.05) is 12.1 Å². The van der Waals surface area contributed by atoms with E-state index >= 15 is 0 Å². The van der Waals surface area contributed by atoms with Crippen molar-refractivity contribution in [3.63, 3.8) is 0 Å². The molecule has 3 aromatic carbocycles. The Morgan fingerprint density at radius 2 is 1.57 bits per heavy atom. The van der Waals surface area contributed by atoms with E-state index in [1.165, 1.54) is 17.0 Å². The number of anilines is 1. The quantitative estimate of drug-likeness (QED) is 0.380. The molecule has 0 bridgehead atoms. The number of nitrogens with zero attached hydrogens (tertiary/aromatic N) is 2. The van der Waals surface area contributed by atoms with Gasteiger partial charge in [-0.1, -0.05) is 42.5 Å². The maximum Gasteiger partial charge on any atom is 0.264 e. The fourth-order valence-electron chi connectivity index (χ4n) is 4.21. The van der Waals surface area contributed by atoms with E-state index in [1.54, 1.807) is 57.4 Å². The van der Waals surface area contributed by atoms with Gasteiger partial charge in [-0.2, -0.15) is 0 Å². The first-order valence-electron chi connectivity index (χ1n) is 13.1. The number of nitrogens with one attached hydrogen (secondary N) is 1. The Bertz CT molecular complexity index is 1430. The Morgan fingerprint density at radius 3 is 2.15 bits per heavy atom. The lowest BCUT2D eigenvalue weighted by atomic mass is 10.1. The molecule has 214 valence electrons. The van der Waals surface area contributed by atoms with Gasteiger partial charge in [-0.05, 0) is 88.6 Å². The van der Waals surface area contributed by atoms with Gasteiger partial charge in [0.15, 0.2) is 0 Å². The summed E-state index contributed by atoms with van der Waals surface area (Å²) in [4.78, 5) is 28.8. The molecule has 3 aromatic rings. The number of hydrogen-bond acceptors (Lipinski definition) is 5. The van der Waals surface area contributed by atoms with Crippen LogP contribution in [0.1, 0.15) is 44.4 Å². The predicted molar refractivity (Wildman–Crippen MR) is 158 cm³/mol. The molecule has 0 aromatic heterocycles. The first kappa shape index (κ1) is 30.7. The van der Waals surface area contributed by atoms with Crippen molar-refractivity contribution in [3.8, 4) is 5.75 Å². The number of ether oxygens (including phenoxy) is 1. The number of rotatable bonds is 10. The Hall–Kier alpha value is -3.85. The van der Waals surface area contributed by atoms with Crippen LogP contribution in [0.25, 0.3) is 0 Å². The molecule has 8 nitrogen and oxygen atoms in total. The molecule has 3 rings (SSSR count). The van der Waals surface area contributed by atoms with Crippen LogP contribution in [0, 0.1) is 13.8 Å². The standard InChI is InChI=1S/C31H39N3O5S/c1-22-13-14-23(2)28(19-22)34(40(37,38)27-11-9-8-10-12-27)21-29(35)33(24(3)30(36)32-31(4,5)6)20-25-15-17-26(39-7)18-16-25/h8-19,24H,20-21H2,1-7H3,(H,32,36). The molecular formula is C31H39N3O5S. The van der Waals surface area contributed by atoms with Crippen LogP contribution < -0.4 is 14.4 Å². The fraction of sp³-hybridized carbons (Fsp3) is 0.355. The van der Waals surface area contributed by atoms with Crippen LogP contribution in [0.4, 0.5) is 5.69 Å². The first-order valence-corrected chi connectivity index (χ1v) is 14.6. The van der Waals surface area contributed by atoms with Gasteiger partial charge in [0.2, 0.25) is 11.8 Å². The predicted octanol–water partition coefficient (Wildman–Crippen LogP) is 4.84. The maximum atomic E-state index is 14.1. The van der Waals surface area contributed by atoms with E-state index in [4.69, 9.17) is 4.74 Å². The molecule has 0 radical (unpaired) electrons. The lowest BCUT2D eigenvalue weighted by Gasteiger charge is -2.34. The first-order chi connectivity index (χ1) is 18.7. The summed E-state index contributed by atoms with van der Waals surface area (Å²) in [5, 5.41) is 2.93. The number of benzene rings is 3. The van der Waals surface area contributed by atoms with Crippen LogP contribution in [0.3, 0.4) is 0 Å². The zero-order valence-electron chi connectivity index (χ0n) is 24.3. The largest absolute Gasteiger partial charge is 0.497 e. The van der Waals surface area contributed by atoms with E-state index < -0.39 is 34.1 Å². The number of carbonyl (C=O) groups is 2. The highest BCUT2D eigenvalue weighted by molar-refractivity contribution is 7.92. The lowest BCUT2D eigenvalue weighted by Crippen LogP contribution is -2.54. The third-order valence-electron chi connectivity index (χ3n) is 6.42. The normalized spacial score (nSPS) is 12.4. The molecule has 0 heterocycles. The van der Waals surface area contributed by atoms with E-state index in [0.717, 1.165) is 15.4 Å². The van der Waals surface area contributed by atoms with Crippen molar-refractivity contribution in [3.05, 3.63) is 89.5 Å². The SMILES string of the molecule is COc1ccc(CN(C(=O)CN(c2cc(C)ccc2C)S(=O)(=O)c2ccccc2)C(C)C(=O)NC(C)(C)C)cc1. The van der Waals surface area contributed by atoms with Gasteiger partial charge < -0.3 is 15.0 Å². The van der Waals surface area contributed by atoms with Gasteiger partial charge in [-0.25, -0.2) is 8.42 Å². The summed E-state index contributed by atoms with van der Waals surface area (Å²) in [6.45, 7) is 10.5. The average Bonchev–Trinajstić information content (AvgIpc) is 2.91. The van der Waals surface area contributed by atoms with Crippen LogP contribution in [0.2, 0.25) is 0 Å². The second-order valence-electron chi connectivity index (χ2n) is 10.9. The van der Waals surface area contributed by atoms with Gasteiger partial charge in [-0.15, -0.1) is 0 Å². The van der Waals surface area contributed by atoms with Gasteiger partial charge in [-0.3, -0.25) is 13.9 Å². The second-order valence-corrected chi connectivity index (χ2v) is 12.8. The molecule has 40 heavy (non-hydrogen) atoms. The van der Waals surface area contributed by atoms with Crippen molar-refractivity contribution < 1.29 is 22.7 Å². The maximum absolute atomic E-state index is 14.1. The Labute approximate surface area is 238 Å². The molecule has 9 heteroatoms. The number of hydrogen-bond donors (Lipinski definition) is 1. The highest BCUT2D eigenvalue weighted by Crippen LogP contribution is 2.28. The molecule has 0 aliphatic carbocycles. The van der Waals surface area contributed by atoms with Crippen molar-refractivity contribution in [1.82, 2.24) is 10.2 Å². The van der Waals surface area contributed by atoms with Crippen molar-refractivity contribution in [1.29, 1.82) is 0 Å². The van der Waals surface area contributed by atoms with Crippen LogP contribution >= 0.6 is 0 Å².